The first kappa shape index (κ1) is 24.4. The molecule has 0 spiro atoms. The number of unbranched alkanes of at least 4 members (excludes halogenated alkanes) is 1. The van der Waals surface area contributed by atoms with Crippen LogP contribution in [-0.2, 0) is 9.59 Å². The largest absolute Gasteiger partial charge is 0.480 e. The molecule has 2 saturated carbocycles. The molecule has 8 heteroatoms. The predicted octanol–water partition coefficient (Wildman–Crippen LogP) is 2.50. The quantitative estimate of drug-likeness (QED) is 0.323. The zero-order chi connectivity index (χ0) is 21.9. The Kier molecular flexibility index (Phi) is 10.4. The van der Waals surface area contributed by atoms with Crippen molar-refractivity contribution >= 4 is 17.9 Å². The molecule has 2 rings (SSSR count). The molecule has 1 unspecified atom stereocenters. The second-order valence-corrected chi connectivity index (χ2v) is 9.04. The van der Waals surface area contributed by atoms with Crippen LogP contribution in [0.4, 0.5) is 4.79 Å². The zero-order valence-electron chi connectivity index (χ0n) is 18.1. The number of amides is 3. The molecule has 0 saturated heterocycles. The van der Waals surface area contributed by atoms with Crippen LogP contribution in [0.15, 0.2) is 0 Å². The van der Waals surface area contributed by atoms with Crippen molar-refractivity contribution in [2.75, 3.05) is 6.54 Å². The van der Waals surface area contributed by atoms with Gasteiger partial charge in [0.2, 0.25) is 5.91 Å². The van der Waals surface area contributed by atoms with E-state index in [9.17, 15) is 19.5 Å². The number of primary amides is 1. The summed E-state index contributed by atoms with van der Waals surface area (Å²) in [6.07, 6.45) is 12.2. The van der Waals surface area contributed by atoms with Gasteiger partial charge in [0.1, 0.15) is 6.04 Å². The maximum absolute atomic E-state index is 12.8. The van der Waals surface area contributed by atoms with E-state index in [0.717, 1.165) is 51.4 Å². The number of carbonyl (C=O) groups is 3. The monoisotopic (exact) mass is 424 g/mol. The first-order valence-corrected chi connectivity index (χ1v) is 11.7. The fraction of sp³-hybridized carbons (Fsp3) is 0.864. The third-order valence-electron chi connectivity index (χ3n) is 6.88. The Morgan fingerprint density at radius 2 is 1.43 bits per heavy atom. The number of carboxylic acid groups (broad SMARTS) is 1. The number of nitrogens with one attached hydrogen (secondary N) is 2. The van der Waals surface area contributed by atoms with Crippen LogP contribution >= 0.6 is 0 Å². The molecule has 2 aliphatic rings. The molecule has 0 bridgehead atoms. The van der Waals surface area contributed by atoms with E-state index in [4.69, 9.17) is 11.5 Å². The lowest BCUT2D eigenvalue weighted by Crippen LogP contribution is -2.57. The highest BCUT2D eigenvalue weighted by Gasteiger charge is 2.40. The molecule has 3 atom stereocenters. The van der Waals surface area contributed by atoms with Crippen molar-refractivity contribution in [2.24, 2.45) is 29.2 Å². The van der Waals surface area contributed by atoms with Gasteiger partial charge in [-0.05, 0) is 63.3 Å². The summed E-state index contributed by atoms with van der Waals surface area (Å²) in [6, 6.07) is -1.83. The summed E-state index contributed by atoms with van der Waals surface area (Å²) in [7, 11) is 0. The van der Waals surface area contributed by atoms with Gasteiger partial charge >= 0.3 is 12.0 Å². The second kappa shape index (κ2) is 12.8. The Morgan fingerprint density at radius 1 is 0.867 bits per heavy atom. The summed E-state index contributed by atoms with van der Waals surface area (Å²) in [6.45, 7) is 0.490. The van der Waals surface area contributed by atoms with Gasteiger partial charge in [-0.1, -0.05) is 38.5 Å². The SMILES string of the molecule is NCCCC[C@H](NC(=O)N[C@H](C1CCCCC1)C(C(N)=O)C1CCCCC1)C(=O)O. The van der Waals surface area contributed by atoms with Crippen LogP contribution in [0.1, 0.15) is 83.5 Å². The molecule has 0 aromatic heterocycles. The summed E-state index contributed by atoms with van der Waals surface area (Å²) in [5, 5.41) is 15.1. The number of rotatable bonds is 11. The van der Waals surface area contributed by atoms with Gasteiger partial charge in [-0.3, -0.25) is 4.79 Å². The van der Waals surface area contributed by atoms with Crippen molar-refractivity contribution in [3.8, 4) is 0 Å². The Morgan fingerprint density at radius 3 is 1.93 bits per heavy atom. The average Bonchev–Trinajstić information content (AvgIpc) is 2.73. The van der Waals surface area contributed by atoms with Crippen molar-refractivity contribution in [1.82, 2.24) is 10.6 Å². The molecular weight excluding hydrogens is 384 g/mol. The summed E-state index contributed by atoms with van der Waals surface area (Å²) in [4.78, 5) is 36.9. The minimum atomic E-state index is -1.06. The van der Waals surface area contributed by atoms with E-state index in [1.165, 1.54) is 12.8 Å². The third kappa shape index (κ3) is 7.45. The molecule has 0 radical (unpaired) electrons. The van der Waals surface area contributed by atoms with E-state index in [-0.39, 0.29) is 23.8 Å². The molecule has 2 aliphatic carbocycles. The number of hydrogen-bond donors (Lipinski definition) is 5. The van der Waals surface area contributed by atoms with Crippen LogP contribution in [0.25, 0.3) is 0 Å². The van der Waals surface area contributed by atoms with Gasteiger partial charge in [-0.25, -0.2) is 9.59 Å². The van der Waals surface area contributed by atoms with Gasteiger partial charge in [0, 0.05) is 6.04 Å². The standard InChI is InChI=1S/C22H40N4O4/c23-14-8-7-13-17(21(28)29)25-22(30)26-19(16-11-5-2-6-12-16)18(20(24)27)15-9-3-1-4-10-15/h15-19H,1-14,23H2,(H2,24,27)(H,28,29)(H2,25,26,30)/t17-,18?,19+/m0/s1. The molecule has 172 valence electrons. The number of aliphatic carboxylic acids is 1. The highest BCUT2D eigenvalue weighted by molar-refractivity contribution is 5.84. The Labute approximate surface area is 179 Å². The second-order valence-electron chi connectivity index (χ2n) is 9.04. The predicted molar refractivity (Wildman–Crippen MR) is 116 cm³/mol. The Hall–Kier alpha value is -1.83. The lowest BCUT2D eigenvalue weighted by Gasteiger charge is -2.40. The van der Waals surface area contributed by atoms with Gasteiger partial charge < -0.3 is 27.2 Å². The van der Waals surface area contributed by atoms with Gasteiger partial charge in [-0.15, -0.1) is 0 Å². The summed E-state index contributed by atoms with van der Waals surface area (Å²) < 4.78 is 0. The normalized spacial score (nSPS) is 21.4. The molecule has 30 heavy (non-hydrogen) atoms. The third-order valence-corrected chi connectivity index (χ3v) is 6.88. The molecule has 0 aromatic rings. The maximum atomic E-state index is 12.8. The molecule has 7 N–H and O–H groups in total. The minimum Gasteiger partial charge on any atom is -0.480 e. The van der Waals surface area contributed by atoms with Gasteiger partial charge in [0.15, 0.2) is 0 Å². The van der Waals surface area contributed by atoms with E-state index in [0.29, 0.717) is 25.8 Å². The smallest absolute Gasteiger partial charge is 0.326 e. The summed E-state index contributed by atoms with van der Waals surface area (Å²) in [5.41, 5.74) is 11.3. The van der Waals surface area contributed by atoms with Gasteiger partial charge in [-0.2, -0.15) is 0 Å². The molecular formula is C22H40N4O4. The summed E-state index contributed by atoms with van der Waals surface area (Å²) in [5.74, 6) is -1.43. The molecule has 2 fully saturated rings. The van der Waals surface area contributed by atoms with E-state index < -0.39 is 24.0 Å². The van der Waals surface area contributed by atoms with Crippen molar-refractivity contribution in [3.63, 3.8) is 0 Å². The number of carbonyl (C=O) groups excluding carboxylic acids is 2. The highest BCUT2D eigenvalue weighted by atomic mass is 16.4. The lowest BCUT2D eigenvalue weighted by atomic mass is 9.70. The Balaban J connectivity index is 2.11. The van der Waals surface area contributed by atoms with Crippen LogP contribution in [0, 0.1) is 17.8 Å². The molecule has 0 aromatic carbocycles. The number of hydrogen-bond acceptors (Lipinski definition) is 4. The maximum Gasteiger partial charge on any atom is 0.326 e. The van der Waals surface area contributed by atoms with Crippen molar-refractivity contribution in [1.29, 1.82) is 0 Å². The zero-order valence-corrected chi connectivity index (χ0v) is 18.1. The number of carboxylic acids is 1. The van der Waals surface area contributed by atoms with E-state index >= 15 is 0 Å². The van der Waals surface area contributed by atoms with Crippen molar-refractivity contribution < 1.29 is 19.5 Å². The van der Waals surface area contributed by atoms with Gasteiger partial charge in [0.25, 0.3) is 0 Å². The van der Waals surface area contributed by atoms with Crippen LogP contribution < -0.4 is 22.1 Å². The summed E-state index contributed by atoms with van der Waals surface area (Å²) >= 11 is 0. The van der Waals surface area contributed by atoms with Crippen molar-refractivity contribution in [2.45, 2.75) is 95.6 Å². The fourth-order valence-electron chi connectivity index (χ4n) is 5.29. The Bertz CT molecular complexity index is 559. The lowest BCUT2D eigenvalue weighted by molar-refractivity contribution is -0.139. The number of urea groups is 1. The molecule has 8 nitrogen and oxygen atoms in total. The van der Waals surface area contributed by atoms with Gasteiger partial charge in [0.05, 0.1) is 5.92 Å². The first-order chi connectivity index (χ1) is 14.4. The van der Waals surface area contributed by atoms with E-state index in [1.807, 2.05) is 0 Å². The first-order valence-electron chi connectivity index (χ1n) is 11.7. The molecule has 0 aliphatic heterocycles. The van der Waals surface area contributed by atoms with Crippen molar-refractivity contribution in [3.05, 3.63) is 0 Å². The number of nitrogens with two attached hydrogens (primary N) is 2. The topological polar surface area (TPSA) is 148 Å². The van der Waals surface area contributed by atoms with E-state index in [2.05, 4.69) is 10.6 Å². The van der Waals surface area contributed by atoms with Crippen LogP contribution in [0.3, 0.4) is 0 Å². The van der Waals surface area contributed by atoms with Crippen LogP contribution in [0.5, 0.6) is 0 Å². The van der Waals surface area contributed by atoms with E-state index in [1.54, 1.807) is 0 Å². The fourth-order valence-corrected chi connectivity index (χ4v) is 5.29. The highest BCUT2D eigenvalue weighted by Crippen LogP contribution is 2.37. The molecule has 0 heterocycles. The average molecular weight is 425 g/mol. The minimum absolute atomic E-state index is 0.184. The van der Waals surface area contributed by atoms with Crippen LogP contribution in [-0.4, -0.2) is 41.6 Å². The molecule has 3 amide bonds. The van der Waals surface area contributed by atoms with Crippen LogP contribution in [0.2, 0.25) is 0 Å².